The Morgan fingerprint density at radius 2 is 1.75 bits per heavy atom. The van der Waals surface area contributed by atoms with Crippen LogP contribution in [0.3, 0.4) is 0 Å². The summed E-state index contributed by atoms with van der Waals surface area (Å²) < 4.78 is 5.47. The second-order valence-corrected chi connectivity index (χ2v) is 5.84. The molecule has 1 aromatic carbocycles. The number of benzene rings is 1. The molecule has 1 heterocycles. The molecule has 24 heavy (non-hydrogen) atoms. The van der Waals surface area contributed by atoms with Gasteiger partial charge >= 0.3 is 17.8 Å². The maximum Gasteiger partial charge on any atom is 0.334 e. The maximum absolute atomic E-state index is 12.4. The van der Waals surface area contributed by atoms with E-state index in [-0.39, 0.29) is 19.2 Å². The Hall–Kier alpha value is -2.88. The molecule has 1 aliphatic heterocycles. The normalized spacial score (nSPS) is 18.4. The Kier molecular flexibility index (Phi) is 4.47. The Labute approximate surface area is 139 Å². The fourth-order valence-electron chi connectivity index (χ4n) is 3.08. The quantitative estimate of drug-likeness (QED) is 0.606. The molecule has 2 aliphatic rings. The Morgan fingerprint density at radius 3 is 2.38 bits per heavy atom. The van der Waals surface area contributed by atoms with Crippen molar-refractivity contribution in [2.24, 2.45) is 0 Å². The first-order valence-electron chi connectivity index (χ1n) is 7.94. The number of amides is 4. The van der Waals surface area contributed by atoms with E-state index in [1.165, 1.54) is 0 Å². The number of hydrogen-bond acceptors (Lipinski definition) is 5. The van der Waals surface area contributed by atoms with E-state index in [9.17, 15) is 14.4 Å². The number of carbonyl (C=O) groups excluding carboxylic acids is 3. The summed E-state index contributed by atoms with van der Waals surface area (Å²) in [4.78, 5) is 38.5. The zero-order chi connectivity index (χ0) is 17.1. The lowest BCUT2D eigenvalue weighted by atomic mass is 10.2. The van der Waals surface area contributed by atoms with Gasteiger partial charge in [-0.15, -0.1) is 0 Å². The van der Waals surface area contributed by atoms with E-state index in [1.807, 2.05) is 6.07 Å². The van der Waals surface area contributed by atoms with Crippen LogP contribution in [-0.4, -0.2) is 46.8 Å². The molecule has 0 atom stereocenters. The molecule has 0 unspecified atom stereocenters. The van der Waals surface area contributed by atoms with Crippen LogP contribution in [0.25, 0.3) is 0 Å². The van der Waals surface area contributed by atoms with Crippen molar-refractivity contribution < 1.29 is 19.1 Å². The summed E-state index contributed by atoms with van der Waals surface area (Å²) in [5, 5.41) is 8.74. The van der Waals surface area contributed by atoms with Crippen LogP contribution >= 0.6 is 0 Å². The standard InChI is InChI=1S/C17H17N3O4/c18-11-12-5-7-14(8-6-12)24-10-9-19-15(21)16(22)20(17(19)23)13-3-1-2-4-13/h5-8,13H,1-4,9-10H2. The molecule has 7 heteroatoms. The Morgan fingerprint density at radius 1 is 1.08 bits per heavy atom. The minimum absolute atomic E-state index is 0.0205. The SMILES string of the molecule is N#Cc1ccc(OCCN2C(=O)C(=O)N(C3CCCC3)C2=O)cc1. The zero-order valence-electron chi connectivity index (χ0n) is 13.1. The van der Waals surface area contributed by atoms with Crippen LogP contribution in [-0.2, 0) is 9.59 Å². The molecular weight excluding hydrogens is 310 g/mol. The first-order chi connectivity index (χ1) is 11.6. The molecule has 0 bridgehead atoms. The van der Waals surface area contributed by atoms with Crippen molar-refractivity contribution in [3.8, 4) is 11.8 Å². The molecule has 1 aromatic rings. The van der Waals surface area contributed by atoms with Crippen LogP contribution in [0.5, 0.6) is 5.75 Å². The van der Waals surface area contributed by atoms with Crippen molar-refractivity contribution in [1.29, 1.82) is 5.26 Å². The summed E-state index contributed by atoms with van der Waals surface area (Å²) in [5.74, 6) is -0.979. The number of carbonyl (C=O) groups is 3. The van der Waals surface area contributed by atoms with Crippen LogP contribution in [0.2, 0.25) is 0 Å². The summed E-state index contributed by atoms with van der Waals surface area (Å²) in [6.07, 6.45) is 3.47. The fraction of sp³-hybridized carbons (Fsp3) is 0.412. The van der Waals surface area contributed by atoms with Crippen molar-refractivity contribution >= 4 is 17.8 Å². The predicted molar refractivity (Wildman–Crippen MR) is 82.9 cm³/mol. The Balaban J connectivity index is 1.58. The summed E-state index contributed by atoms with van der Waals surface area (Å²) in [5.41, 5.74) is 0.519. The number of imide groups is 2. The van der Waals surface area contributed by atoms with Gasteiger partial charge in [0.25, 0.3) is 0 Å². The molecule has 1 aliphatic carbocycles. The first-order valence-corrected chi connectivity index (χ1v) is 7.94. The van der Waals surface area contributed by atoms with Gasteiger partial charge in [0.15, 0.2) is 0 Å². The van der Waals surface area contributed by atoms with E-state index in [2.05, 4.69) is 0 Å². The number of rotatable bonds is 5. The lowest BCUT2D eigenvalue weighted by Gasteiger charge is -2.21. The molecule has 1 saturated carbocycles. The van der Waals surface area contributed by atoms with Crippen LogP contribution < -0.4 is 4.74 Å². The molecule has 124 valence electrons. The molecule has 0 aromatic heterocycles. The van der Waals surface area contributed by atoms with E-state index in [4.69, 9.17) is 10.00 Å². The monoisotopic (exact) mass is 327 g/mol. The number of nitrogens with zero attached hydrogens (tertiary/aromatic N) is 3. The van der Waals surface area contributed by atoms with Gasteiger partial charge in [-0.2, -0.15) is 5.26 Å². The van der Waals surface area contributed by atoms with Crippen LogP contribution in [0.1, 0.15) is 31.2 Å². The number of ether oxygens (including phenoxy) is 1. The van der Waals surface area contributed by atoms with Crippen molar-refractivity contribution in [3.05, 3.63) is 29.8 Å². The van der Waals surface area contributed by atoms with Gasteiger partial charge in [-0.3, -0.25) is 19.4 Å². The molecule has 0 N–H and O–H groups in total. The number of nitriles is 1. The smallest absolute Gasteiger partial charge is 0.334 e. The maximum atomic E-state index is 12.4. The largest absolute Gasteiger partial charge is 0.492 e. The molecule has 4 amide bonds. The topological polar surface area (TPSA) is 90.7 Å². The Bertz CT molecular complexity index is 702. The highest BCUT2D eigenvalue weighted by atomic mass is 16.5. The van der Waals surface area contributed by atoms with Crippen molar-refractivity contribution in [2.75, 3.05) is 13.2 Å². The molecule has 3 rings (SSSR count). The summed E-state index contributed by atoms with van der Waals surface area (Å²) in [6.45, 7) is 0.113. The van der Waals surface area contributed by atoms with Crippen LogP contribution in [0, 0.1) is 11.3 Å². The second kappa shape index (κ2) is 6.71. The highest BCUT2D eigenvalue weighted by Crippen LogP contribution is 2.27. The van der Waals surface area contributed by atoms with E-state index in [0.717, 1.165) is 35.5 Å². The lowest BCUT2D eigenvalue weighted by Crippen LogP contribution is -2.40. The average molecular weight is 327 g/mol. The number of hydrogen-bond donors (Lipinski definition) is 0. The van der Waals surface area contributed by atoms with Crippen molar-refractivity contribution in [1.82, 2.24) is 9.80 Å². The van der Waals surface area contributed by atoms with E-state index < -0.39 is 17.8 Å². The second-order valence-electron chi connectivity index (χ2n) is 5.84. The van der Waals surface area contributed by atoms with Gasteiger partial charge in [0.05, 0.1) is 18.2 Å². The van der Waals surface area contributed by atoms with Crippen LogP contribution in [0.15, 0.2) is 24.3 Å². The minimum Gasteiger partial charge on any atom is -0.492 e. The van der Waals surface area contributed by atoms with Gasteiger partial charge < -0.3 is 4.74 Å². The summed E-state index contributed by atoms with van der Waals surface area (Å²) in [6, 6.07) is 7.83. The molecule has 0 radical (unpaired) electrons. The average Bonchev–Trinajstić information content (AvgIpc) is 3.18. The van der Waals surface area contributed by atoms with Gasteiger partial charge in [0, 0.05) is 6.04 Å². The third-order valence-corrected chi connectivity index (χ3v) is 4.34. The van der Waals surface area contributed by atoms with Gasteiger partial charge in [0.1, 0.15) is 12.4 Å². The van der Waals surface area contributed by atoms with E-state index >= 15 is 0 Å². The molecule has 2 fully saturated rings. The van der Waals surface area contributed by atoms with Gasteiger partial charge in [-0.05, 0) is 37.1 Å². The van der Waals surface area contributed by atoms with Gasteiger partial charge in [-0.1, -0.05) is 12.8 Å². The van der Waals surface area contributed by atoms with E-state index in [0.29, 0.717) is 11.3 Å². The summed E-state index contributed by atoms with van der Waals surface area (Å²) >= 11 is 0. The minimum atomic E-state index is -0.782. The summed E-state index contributed by atoms with van der Waals surface area (Å²) in [7, 11) is 0. The highest BCUT2D eigenvalue weighted by molar-refractivity contribution is 6.44. The third-order valence-electron chi connectivity index (χ3n) is 4.34. The highest BCUT2D eigenvalue weighted by Gasteiger charge is 2.47. The van der Waals surface area contributed by atoms with Crippen molar-refractivity contribution in [2.45, 2.75) is 31.7 Å². The molecule has 0 spiro atoms. The first kappa shape index (κ1) is 16.0. The van der Waals surface area contributed by atoms with Crippen molar-refractivity contribution in [3.63, 3.8) is 0 Å². The predicted octanol–water partition coefficient (Wildman–Crippen LogP) is 1.67. The lowest BCUT2D eigenvalue weighted by molar-refractivity contribution is -0.144. The van der Waals surface area contributed by atoms with E-state index in [1.54, 1.807) is 24.3 Å². The van der Waals surface area contributed by atoms with Crippen LogP contribution in [0.4, 0.5) is 4.79 Å². The molecule has 1 saturated heterocycles. The molecular formula is C17H17N3O4. The number of urea groups is 1. The zero-order valence-corrected chi connectivity index (χ0v) is 13.1. The van der Waals surface area contributed by atoms with Gasteiger partial charge in [0.2, 0.25) is 0 Å². The molecule has 7 nitrogen and oxygen atoms in total. The van der Waals surface area contributed by atoms with Gasteiger partial charge in [-0.25, -0.2) is 4.79 Å². The fourth-order valence-corrected chi connectivity index (χ4v) is 3.08. The third kappa shape index (κ3) is 2.95.